The first-order valence-electron chi connectivity index (χ1n) is 5.28. The number of hydrogen-bond donors (Lipinski definition) is 0. The highest BCUT2D eigenvalue weighted by molar-refractivity contribution is 7.85. The number of halogens is 1. The third-order valence-corrected chi connectivity index (χ3v) is 4.99. The number of carbonyl (C=O) groups is 1. The molecule has 1 aliphatic carbocycles. The molecule has 4 heteroatoms. The summed E-state index contributed by atoms with van der Waals surface area (Å²) in [6.07, 6.45) is 1.18. The third kappa shape index (κ3) is 2.07. The van der Waals surface area contributed by atoms with Gasteiger partial charge in [-0.2, -0.15) is 0 Å². The minimum absolute atomic E-state index is 0.113. The number of ketones is 1. The van der Waals surface area contributed by atoms with Crippen LogP contribution in [-0.4, -0.2) is 15.2 Å². The van der Waals surface area contributed by atoms with Crippen molar-refractivity contribution in [3.8, 4) is 0 Å². The van der Waals surface area contributed by atoms with Crippen molar-refractivity contribution in [3.05, 3.63) is 30.1 Å². The largest absolute Gasteiger partial charge is 0.299 e. The molecule has 3 atom stereocenters. The maximum atomic E-state index is 12.7. The second kappa shape index (κ2) is 4.45. The topological polar surface area (TPSA) is 34.1 Å². The van der Waals surface area contributed by atoms with Crippen LogP contribution < -0.4 is 0 Å². The van der Waals surface area contributed by atoms with Gasteiger partial charge in [-0.15, -0.1) is 0 Å². The lowest BCUT2D eigenvalue weighted by molar-refractivity contribution is -0.120. The maximum Gasteiger partial charge on any atom is 0.136 e. The first-order chi connectivity index (χ1) is 7.59. The fourth-order valence-electron chi connectivity index (χ4n) is 2.01. The highest BCUT2D eigenvalue weighted by atomic mass is 32.2. The number of benzene rings is 1. The summed E-state index contributed by atoms with van der Waals surface area (Å²) in [5.41, 5.74) is 0. The van der Waals surface area contributed by atoms with E-state index >= 15 is 0 Å². The predicted octanol–water partition coefficient (Wildman–Crippen LogP) is 2.30. The lowest BCUT2D eigenvalue weighted by Gasteiger charge is -2.13. The summed E-state index contributed by atoms with van der Waals surface area (Å²) >= 11 is 0. The molecule has 2 nitrogen and oxygen atoms in total. The molecule has 1 fully saturated rings. The Morgan fingerprint density at radius 3 is 2.44 bits per heavy atom. The van der Waals surface area contributed by atoms with Crippen LogP contribution in [0.4, 0.5) is 4.39 Å². The van der Waals surface area contributed by atoms with Crippen LogP contribution in [0.1, 0.15) is 19.8 Å². The SMILES string of the molecule is CC1C(=O)CCC1S(=O)c1ccc(F)cc1. The van der Waals surface area contributed by atoms with Crippen LogP contribution in [0, 0.1) is 11.7 Å². The Morgan fingerprint density at radius 2 is 1.94 bits per heavy atom. The molecule has 1 saturated carbocycles. The molecule has 0 heterocycles. The van der Waals surface area contributed by atoms with Crippen LogP contribution in [0.3, 0.4) is 0 Å². The molecule has 0 aliphatic heterocycles. The van der Waals surface area contributed by atoms with Crippen molar-refractivity contribution in [1.29, 1.82) is 0 Å². The van der Waals surface area contributed by atoms with Gasteiger partial charge >= 0.3 is 0 Å². The van der Waals surface area contributed by atoms with Gasteiger partial charge in [0.25, 0.3) is 0 Å². The number of Topliss-reactive ketones (excluding diaryl/α,β-unsaturated/α-hetero) is 1. The third-order valence-electron chi connectivity index (χ3n) is 3.06. The van der Waals surface area contributed by atoms with Gasteiger partial charge < -0.3 is 0 Å². The summed E-state index contributed by atoms with van der Waals surface area (Å²) < 4.78 is 24.9. The van der Waals surface area contributed by atoms with Gasteiger partial charge in [-0.1, -0.05) is 6.92 Å². The Labute approximate surface area is 96.3 Å². The predicted molar refractivity (Wildman–Crippen MR) is 60.0 cm³/mol. The van der Waals surface area contributed by atoms with Crippen LogP contribution in [0.2, 0.25) is 0 Å². The van der Waals surface area contributed by atoms with Gasteiger partial charge in [-0.3, -0.25) is 9.00 Å². The maximum absolute atomic E-state index is 12.7. The van der Waals surface area contributed by atoms with Crippen molar-refractivity contribution < 1.29 is 13.4 Å². The second-order valence-corrected chi connectivity index (χ2v) is 5.76. The fraction of sp³-hybridized carbons (Fsp3) is 0.417. The Balaban J connectivity index is 2.19. The van der Waals surface area contributed by atoms with E-state index in [1.54, 1.807) is 0 Å². The molecule has 0 radical (unpaired) electrons. The standard InChI is InChI=1S/C12H13FO2S/c1-8-11(14)6-7-12(8)16(15)10-4-2-9(13)3-5-10/h2-5,8,12H,6-7H2,1H3. The molecule has 86 valence electrons. The molecule has 2 rings (SSSR count). The molecule has 1 aliphatic rings. The van der Waals surface area contributed by atoms with Crippen molar-refractivity contribution in [2.24, 2.45) is 5.92 Å². The van der Waals surface area contributed by atoms with E-state index in [-0.39, 0.29) is 22.8 Å². The normalized spacial score (nSPS) is 27.0. The summed E-state index contributed by atoms with van der Waals surface area (Å²) in [4.78, 5) is 12.0. The van der Waals surface area contributed by atoms with E-state index in [4.69, 9.17) is 0 Å². The molecule has 0 aromatic heterocycles. The van der Waals surface area contributed by atoms with Crippen LogP contribution in [-0.2, 0) is 15.6 Å². The average molecular weight is 240 g/mol. The molecule has 0 amide bonds. The van der Waals surface area contributed by atoms with Gasteiger partial charge in [0, 0.05) is 22.5 Å². The lowest BCUT2D eigenvalue weighted by atomic mass is 10.1. The van der Waals surface area contributed by atoms with Crippen molar-refractivity contribution in [3.63, 3.8) is 0 Å². The van der Waals surface area contributed by atoms with E-state index in [1.807, 2.05) is 6.92 Å². The molecule has 0 spiro atoms. The van der Waals surface area contributed by atoms with E-state index in [0.29, 0.717) is 17.7 Å². The Hall–Kier alpha value is -1.03. The molecule has 16 heavy (non-hydrogen) atoms. The van der Waals surface area contributed by atoms with Crippen molar-refractivity contribution >= 4 is 16.6 Å². The second-order valence-electron chi connectivity index (χ2n) is 4.08. The number of hydrogen-bond acceptors (Lipinski definition) is 2. The van der Waals surface area contributed by atoms with Gasteiger partial charge in [0.05, 0.1) is 10.8 Å². The Bertz CT molecular complexity index is 427. The first-order valence-corrected chi connectivity index (χ1v) is 6.50. The van der Waals surface area contributed by atoms with Crippen LogP contribution in [0.25, 0.3) is 0 Å². The molecule has 1 aromatic rings. The monoisotopic (exact) mass is 240 g/mol. The molecule has 0 bridgehead atoms. The van der Waals surface area contributed by atoms with Gasteiger partial charge in [0.1, 0.15) is 11.6 Å². The van der Waals surface area contributed by atoms with Crippen LogP contribution in [0.5, 0.6) is 0 Å². The van der Waals surface area contributed by atoms with E-state index in [0.717, 1.165) is 0 Å². The zero-order valence-electron chi connectivity index (χ0n) is 8.98. The van der Waals surface area contributed by atoms with Crippen molar-refractivity contribution in [2.75, 3.05) is 0 Å². The Morgan fingerprint density at radius 1 is 1.31 bits per heavy atom. The van der Waals surface area contributed by atoms with Crippen molar-refractivity contribution in [1.82, 2.24) is 0 Å². The van der Waals surface area contributed by atoms with E-state index in [9.17, 15) is 13.4 Å². The lowest BCUT2D eigenvalue weighted by Crippen LogP contribution is -2.21. The van der Waals surface area contributed by atoms with E-state index < -0.39 is 10.8 Å². The average Bonchev–Trinajstić information content (AvgIpc) is 2.60. The highest BCUT2D eigenvalue weighted by Gasteiger charge is 2.35. The van der Waals surface area contributed by atoms with Gasteiger partial charge in [-0.05, 0) is 30.7 Å². The summed E-state index contributed by atoms with van der Waals surface area (Å²) in [6.45, 7) is 1.82. The van der Waals surface area contributed by atoms with Crippen LogP contribution in [0.15, 0.2) is 29.2 Å². The van der Waals surface area contributed by atoms with E-state index in [2.05, 4.69) is 0 Å². The van der Waals surface area contributed by atoms with Gasteiger partial charge in [-0.25, -0.2) is 4.39 Å². The summed E-state index contributed by atoms with van der Waals surface area (Å²) in [5.74, 6) is -0.303. The molecule has 3 unspecified atom stereocenters. The quantitative estimate of drug-likeness (QED) is 0.795. The minimum Gasteiger partial charge on any atom is -0.299 e. The fourth-order valence-corrected chi connectivity index (χ4v) is 3.61. The molecule has 0 saturated heterocycles. The summed E-state index contributed by atoms with van der Waals surface area (Å²) in [5, 5.41) is -0.113. The molecule has 0 N–H and O–H groups in total. The van der Waals surface area contributed by atoms with E-state index in [1.165, 1.54) is 24.3 Å². The summed E-state index contributed by atoms with van der Waals surface area (Å²) in [6, 6.07) is 5.66. The minimum atomic E-state index is -1.21. The van der Waals surface area contributed by atoms with Crippen molar-refractivity contribution in [2.45, 2.75) is 29.9 Å². The molecular formula is C12H13FO2S. The highest BCUT2D eigenvalue weighted by Crippen LogP contribution is 2.29. The molecule has 1 aromatic carbocycles. The zero-order valence-corrected chi connectivity index (χ0v) is 9.80. The number of rotatable bonds is 2. The van der Waals surface area contributed by atoms with Gasteiger partial charge in [0.15, 0.2) is 0 Å². The Kier molecular flexibility index (Phi) is 3.19. The smallest absolute Gasteiger partial charge is 0.136 e. The first kappa shape index (κ1) is 11.5. The summed E-state index contributed by atoms with van der Waals surface area (Å²) in [7, 11) is -1.21. The van der Waals surface area contributed by atoms with Crippen LogP contribution >= 0.6 is 0 Å². The van der Waals surface area contributed by atoms with Gasteiger partial charge in [0.2, 0.25) is 0 Å². The number of carbonyl (C=O) groups excluding carboxylic acids is 1. The molecular weight excluding hydrogens is 227 g/mol. The zero-order chi connectivity index (χ0) is 11.7.